The quantitative estimate of drug-likeness (QED) is 0.571. The zero-order valence-electron chi connectivity index (χ0n) is 11.8. The number of hydrogen-bond acceptors (Lipinski definition) is 0. The maximum Gasteiger partial charge on any atom is 0.0406 e. The number of halogens is 1. The van der Waals surface area contributed by atoms with Crippen LogP contribution in [0.5, 0.6) is 0 Å². The molecule has 0 aliphatic heterocycles. The molecule has 0 aromatic heterocycles. The Labute approximate surface area is 131 Å². The van der Waals surface area contributed by atoms with Crippen LogP contribution in [0.1, 0.15) is 11.1 Å². The molecule has 21 heavy (non-hydrogen) atoms. The van der Waals surface area contributed by atoms with Gasteiger partial charge in [-0.3, -0.25) is 0 Å². The topological polar surface area (TPSA) is 0 Å². The average molecular weight is 293 g/mol. The van der Waals surface area contributed by atoms with Gasteiger partial charge in [0.05, 0.1) is 0 Å². The molecule has 0 fully saturated rings. The van der Waals surface area contributed by atoms with Gasteiger partial charge in [-0.1, -0.05) is 78.3 Å². The fourth-order valence-electron chi connectivity index (χ4n) is 2.57. The number of rotatable bonds is 4. The lowest BCUT2D eigenvalue weighted by Crippen LogP contribution is -1.94. The summed E-state index contributed by atoms with van der Waals surface area (Å²) in [6, 6.07) is 27.3. The first-order chi connectivity index (χ1) is 10.3. The predicted octanol–water partition coefficient (Wildman–Crippen LogP) is 5.79. The summed E-state index contributed by atoms with van der Waals surface area (Å²) in [4.78, 5) is 0. The molecule has 0 aliphatic rings. The van der Waals surface area contributed by atoms with E-state index < -0.39 is 0 Å². The van der Waals surface area contributed by atoms with Gasteiger partial charge in [-0.05, 0) is 47.2 Å². The molecule has 3 aromatic carbocycles. The van der Waals surface area contributed by atoms with Gasteiger partial charge in [0.15, 0.2) is 0 Å². The van der Waals surface area contributed by atoms with Crippen LogP contribution in [0.3, 0.4) is 0 Å². The summed E-state index contributed by atoms with van der Waals surface area (Å²) in [6.07, 6.45) is 2.06. The van der Waals surface area contributed by atoms with Gasteiger partial charge in [-0.2, -0.15) is 0 Å². The molecule has 0 N–H and O–H groups in total. The van der Waals surface area contributed by atoms with E-state index >= 15 is 0 Å². The molecule has 0 aliphatic carbocycles. The lowest BCUT2D eigenvalue weighted by atomic mass is 9.95. The van der Waals surface area contributed by atoms with E-state index in [1.165, 1.54) is 22.3 Å². The van der Waals surface area contributed by atoms with Crippen LogP contribution in [0, 0.1) is 0 Å². The van der Waals surface area contributed by atoms with Gasteiger partial charge >= 0.3 is 0 Å². The summed E-state index contributed by atoms with van der Waals surface area (Å²) >= 11 is 5.93. The minimum atomic E-state index is 0.795. The van der Waals surface area contributed by atoms with Gasteiger partial charge in [-0.25, -0.2) is 0 Å². The van der Waals surface area contributed by atoms with Crippen LogP contribution >= 0.6 is 11.6 Å². The summed E-state index contributed by atoms with van der Waals surface area (Å²) in [6.45, 7) is 0. The summed E-state index contributed by atoms with van der Waals surface area (Å²) in [5.41, 5.74) is 5.32. The highest BCUT2D eigenvalue weighted by atomic mass is 35.5. The molecule has 3 aromatic rings. The average Bonchev–Trinajstić information content (AvgIpc) is 2.55. The Balaban J connectivity index is 1.81. The van der Waals surface area contributed by atoms with E-state index in [2.05, 4.69) is 66.7 Å². The lowest BCUT2D eigenvalue weighted by molar-refractivity contribution is 0.962. The third-order valence-corrected chi connectivity index (χ3v) is 3.95. The zero-order chi connectivity index (χ0) is 14.5. The Morgan fingerprint density at radius 3 is 2.05 bits per heavy atom. The lowest BCUT2D eigenvalue weighted by Gasteiger charge is -2.10. The Kier molecular flexibility index (Phi) is 4.37. The smallest absolute Gasteiger partial charge is 0.0406 e. The molecule has 0 nitrogen and oxygen atoms in total. The molecule has 0 radical (unpaired) electrons. The Hall–Kier alpha value is -2.05. The highest BCUT2D eigenvalue weighted by Crippen LogP contribution is 2.24. The second-order valence-electron chi connectivity index (χ2n) is 5.15. The largest absolute Gasteiger partial charge is 0.0843 e. The second-order valence-corrected chi connectivity index (χ2v) is 5.59. The fraction of sp³-hybridized carbons (Fsp3) is 0.100. The molecule has 3 rings (SSSR count). The van der Waals surface area contributed by atoms with Gasteiger partial charge in [0.1, 0.15) is 0 Å². The van der Waals surface area contributed by atoms with Gasteiger partial charge < -0.3 is 0 Å². The third-order valence-electron chi connectivity index (χ3n) is 3.70. The van der Waals surface area contributed by atoms with E-state index in [1.807, 2.05) is 12.1 Å². The zero-order valence-corrected chi connectivity index (χ0v) is 12.6. The Morgan fingerprint density at radius 1 is 0.619 bits per heavy atom. The molecular weight excluding hydrogens is 276 g/mol. The predicted molar refractivity (Wildman–Crippen MR) is 90.7 cm³/mol. The normalized spacial score (nSPS) is 10.5. The van der Waals surface area contributed by atoms with Crippen LogP contribution in [0.15, 0.2) is 78.9 Å². The molecule has 0 spiro atoms. The van der Waals surface area contributed by atoms with E-state index in [0.29, 0.717) is 0 Å². The minimum absolute atomic E-state index is 0.795. The van der Waals surface area contributed by atoms with Crippen molar-refractivity contribution in [2.24, 2.45) is 0 Å². The van der Waals surface area contributed by atoms with Gasteiger partial charge in [-0.15, -0.1) is 0 Å². The van der Waals surface area contributed by atoms with Crippen molar-refractivity contribution in [3.8, 4) is 11.1 Å². The summed E-state index contributed by atoms with van der Waals surface area (Å²) in [5, 5.41) is 0.795. The molecule has 0 atom stereocenters. The monoisotopic (exact) mass is 292 g/mol. The maximum absolute atomic E-state index is 5.93. The summed E-state index contributed by atoms with van der Waals surface area (Å²) in [5.74, 6) is 0. The standard InChI is InChI=1S/C20H17Cl/c21-19-14-11-16(12-15-19)10-13-18-8-4-5-9-20(18)17-6-2-1-3-7-17/h1-9,11-12,14-15H,10,13H2. The highest BCUT2D eigenvalue weighted by molar-refractivity contribution is 6.30. The molecule has 1 heteroatoms. The van der Waals surface area contributed by atoms with E-state index in [4.69, 9.17) is 11.6 Å². The van der Waals surface area contributed by atoms with Crippen molar-refractivity contribution >= 4 is 11.6 Å². The first kappa shape index (κ1) is 13.9. The molecular formula is C20H17Cl. The summed E-state index contributed by atoms with van der Waals surface area (Å²) < 4.78 is 0. The van der Waals surface area contributed by atoms with Crippen LogP contribution in [0.2, 0.25) is 5.02 Å². The van der Waals surface area contributed by atoms with Crippen molar-refractivity contribution in [1.29, 1.82) is 0 Å². The fourth-order valence-corrected chi connectivity index (χ4v) is 2.69. The van der Waals surface area contributed by atoms with Crippen molar-refractivity contribution in [3.05, 3.63) is 95.0 Å². The van der Waals surface area contributed by atoms with Crippen molar-refractivity contribution in [1.82, 2.24) is 0 Å². The van der Waals surface area contributed by atoms with Crippen LogP contribution < -0.4 is 0 Å². The van der Waals surface area contributed by atoms with E-state index in [0.717, 1.165) is 17.9 Å². The Morgan fingerprint density at radius 2 is 1.29 bits per heavy atom. The highest BCUT2D eigenvalue weighted by Gasteiger charge is 2.04. The van der Waals surface area contributed by atoms with E-state index in [9.17, 15) is 0 Å². The molecule has 0 bridgehead atoms. The molecule has 0 saturated heterocycles. The minimum Gasteiger partial charge on any atom is -0.0843 e. The molecule has 0 amide bonds. The SMILES string of the molecule is Clc1ccc(CCc2ccccc2-c2ccccc2)cc1. The molecule has 0 unspecified atom stereocenters. The van der Waals surface area contributed by atoms with E-state index in [-0.39, 0.29) is 0 Å². The van der Waals surface area contributed by atoms with Gasteiger partial charge in [0, 0.05) is 5.02 Å². The van der Waals surface area contributed by atoms with Gasteiger partial charge in [0.2, 0.25) is 0 Å². The van der Waals surface area contributed by atoms with Crippen LogP contribution in [0.25, 0.3) is 11.1 Å². The number of benzene rings is 3. The molecule has 0 saturated carbocycles. The van der Waals surface area contributed by atoms with E-state index in [1.54, 1.807) is 0 Å². The third kappa shape index (κ3) is 3.53. The second kappa shape index (κ2) is 6.60. The van der Waals surface area contributed by atoms with Crippen molar-refractivity contribution in [2.75, 3.05) is 0 Å². The Bertz CT molecular complexity index is 699. The molecule has 0 heterocycles. The van der Waals surface area contributed by atoms with Gasteiger partial charge in [0.25, 0.3) is 0 Å². The summed E-state index contributed by atoms with van der Waals surface area (Å²) in [7, 11) is 0. The van der Waals surface area contributed by atoms with Crippen LogP contribution in [-0.4, -0.2) is 0 Å². The number of hydrogen-bond donors (Lipinski definition) is 0. The first-order valence-electron chi connectivity index (χ1n) is 7.21. The first-order valence-corrected chi connectivity index (χ1v) is 7.58. The van der Waals surface area contributed by atoms with Crippen LogP contribution in [-0.2, 0) is 12.8 Å². The van der Waals surface area contributed by atoms with Crippen molar-refractivity contribution in [3.63, 3.8) is 0 Å². The maximum atomic E-state index is 5.93. The number of aryl methyl sites for hydroxylation is 2. The van der Waals surface area contributed by atoms with Crippen molar-refractivity contribution in [2.45, 2.75) is 12.8 Å². The molecule has 104 valence electrons. The van der Waals surface area contributed by atoms with Crippen molar-refractivity contribution < 1.29 is 0 Å². The van der Waals surface area contributed by atoms with Crippen LogP contribution in [0.4, 0.5) is 0 Å².